The van der Waals surface area contributed by atoms with Gasteiger partial charge in [0.2, 0.25) is 5.91 Å². The summed E-state index contributed by atoms with van der Waals surface area (Å²) in [5.74, 6) is -0.119. The maximum atomic E-state index is 12.1. The van der Waals surface area contributed by atoms with E-state index in [4.69, 9.17) is 7.85 Å². The van der Waals surface area contributed by atoms with E-state index in [-0.39, 0.29) is 11.3 Å². The van der Waals surface area contributed by atoms with Crippen molar-refractivity contribution in [1.82, 2.24) is 20.0 Å². The highest BCUT2D eigenvalue weighted by molar-refractivity contribution is 6.19. The zero-order chi connectivity index (χ0) is 30.2. The molecular weight excluding hydrogens is 525 g/mol. The number of hydrogen-bond donors (Lipinski definition) is 2. The zero-order valence-corrected chi connectivity index (χ0v) is 24.4. The summed E-state index contributed by atoms with van der Waals surface area (Å²) in [6, 6.07) is 15.6. The third-order valence-corrected chi connectivity index (χ3v) is 7.35. The molecule has 0 bridgehead atoms. The lowest BCUT2D eigenvalue weighted by atomic mass is 9.69. The van der Waals surface area contributed by atoms with E-state index in [1.165, 1.54) is 18.0 Å². The number of pyridine rings is 1. The molecule has 1 amide bonds. The van der Waals surface area contributed by atoms with Gasteiger partial charge < -0.3 is 15.5 Å². The number of amides is 1. The second kappa shape index (κ2) is 10.8. The Morgan fingerprint density at radius 3 is 2.55 bits per heavy atom. The molecule has 2 aromatic heterocycles. The normalized spacial score (nSPS) is 14.5. The van der Waals surface area contributed by atoms with Crippen molar-refractivity contribution in [3.05, 3.63) is 71.2 Å². The third kappa shape index (κ3) is 5.64. The smallest absolute Gasteiger partial charge is 0.223 e. The first-order chi connectivity index (χ1) is 19.9. The number of rotatable bonds is 8. The van der Waals surface area contributed by atoms with Crippen LogP contribution in [0.1, 0.15) is 69.0 Å². The van der Waals surface area contributed by atoms with Gasteiger partial charge in [0.05, 0.1) is 40.0 Å². The molecule has 42 heavy (non-hydrogen) atoms. The van der Waals surface area contributed by atoms with Crippen LogP contribution >= 0.6 is 0 Å². The number of nitriles is 2. The van der Waals surface area contributed by atoms with E-state index in [9.17, 15) is 15.3 Å². The van der Waals surface area contributed by atoms with E-state index in [0.29, 0.717) is 62.9 Å². The molecule has 2 aromatic carbocycles. The SMILES string of the molecule is [B]C(Nc1cc(C#N)c2ncc(C#N)c(NCC(C)(C)C)c2c1)(c1cccc(N(C)C(C)=O)c1)c1cn(C2CC2)nn1. The van der Waals surface area contributed by atoms with Crippen LogP contribution in [-0.2, 0) is 10.2 Å². The summed E-state index contributed by atoms with van der Waals surface area (Å²) < 4.78 is 1.82. The van der Waals surface area contributed by atoms with Crippen molar-refractivity contribution in [2.24, 2.45) is 5.41 Å². The Balaban J connectivity index is 1.67. The Morgan fingerprint density at radius 1 is 1.17 bits per heavy atom. The number of nitrogens with one attached hydrogen (secondary N) is 2. The molecule has 1 atom stereocenters. The first-order valence-corrected chi connectivity index (χ1v) is 13.8. The number of carbonyl (C=O) groups excluding carboxylic acids is 1. The standard InChI is InChI=1S/C31H32BN9O/c1-19(42)40(5)25-8-6-7-22(12-25)31(32,27-17-41(39-38-27)24-9-10-24)37-23-11-20(14-33)28-26(13-23)29(21(15-34)16-35-28)36-18-30(2,3)4/h6-8,11-13,16-17,24,37H,9-10,18H2,1-5H3,(H,35,36). The number of hydrogen-bond acceptors (Lipinski definition) is 8. The van der Waals surface area contributed by atoms with Crippen LogP contribution < -0.4 is 15.5 Å². The summed E-state index contributed by atoms with van der Waals surface area (Å²) in [5, 5.41) is 36.2. The van der Waals surface area contributed by atoms with E-state index >= 15 is 0 Å². The monoisotopic (exact) mass is 557 g/mol. The highest BCUT2D eigenvalue weighted by Crippen LogP contribution is 2.38. The van der Waals surface area contributed by atoms with Crippen LogP contribution in [0.3, 0.4) is 0 Å². The number of nitrogens with zero attached hydrogens (tertiary/aromatic N) is 7. The lowest BCUT2D eigenvalue weighted by Crippen LogP contribution is -2.38. The summed E-state index contributed by atoms with van der Waals surface area (Å²) in [5.41, 5.74) is 2.65. The maximum absolute atomic E-state index is 12.1. The van der Waals surface area contributed by atoms with Gasteiger partial charge in [0.15, 0.2) is 0 Å². The highest BCUT2D eigenvalue weighted by Gasteiger charge is 2.34. The van der Waals surface area contributed by atoms with Gasteiger partial charge in [-0.05, 0) is 48.1 Å². The van der Waals surface area contributed by atoms with Gasteiger partial charge in [-0.15, -0.1) is 5.10 Å². The molecule has 1 aliphatic carbocycles. The lowest BCUT2D eigenvalue weighted by Gasteiger charge is -2.32. The Bertz CT molecular complexity index is 1760. The molecule has 2 radical (unpaired) electrons. The van der Waals surface area contributed by atoms with Gasteiger partial charge in [0, 0.05) is 43.5 Å². The molecule has 1 saturated carbocycles. The van der Waals surface area contributed by atoms with Gasteiger partial charge >= 0.3 is 0 Å². The zero-order valence-electron chi connectivity index (χ0n) is 24.4. The van der Waals surface area contributed by atoms with Crippen molar-refractivity contribution in [2.75, 3.05) is 29.1 Å². The Hall–Kier alpha value is -4.90. The molecule has 0 aliphatic heterocycles. The molecule has 2 heterocycles. The average Bonchev–Trinajstić information content (AvgIpc) is 3.69. The van der Waals surface area contributed by atoms with E-state index in [1.807, 2.05) is 41.2 Å². The number of carbonyl (C=O) groups is 1. The van der Waals surface area contributed by atoms with Crippen molar-refractivity contribution in [2.45, 2.75) is 52.0 Å². The Morgan fingerprint density at radius 2 is 1.90 bits per heavy atom. The minimum Gasteiger partial charge on any atom is -0.383 e. The first kappa shape index (κ1) is 28.6. The molecule has 210 valence electrons. The second-order valence-corrected chi connectivity index (χ2v) is 12.0. The summed E-state index contributed by atoms with van der Waals surface area (Å²) in [6.07, 6.45) is 5.38. The fourth-order valence-corrected chi connectivity index (χ4v) is 4.72. The highest BCUT2D eigenvalue weighted by atomic mass is 16.2. The van der Waals surface area contributed by atoms with E-state index in [0.717, 1.165) is 12.8 Å². The summed E-state index contributed by atoms with van der Waals surface area (Å²) >= 11 is 0. The maximum Gasteiger partial charge on any atom is 0.223 e. The fourth-order valence-electron chi connectivity index (χ4n) is 4.72. The van der Waals surface area contributed by atoms with Crippen LogP contribution in [0.4, 0.5) is 17.1 Å². The number of anilines is 3. The molecule has 0 saturated heterocycles. The predicted octanol–water partition coefficient (Wildman–Crippen LogP) is 4.83. The van der Waals surface area contributed by atoms with Gasteiger partial charge in [-0.25, -0.2) is 4.68 Å². The second-order valence-electron chi connectivity index (χ2n) is 12.0. The molecule has 0 spiro atoms. The molecule has 4 aromatic rings. The summed E-state index contributed by atoms with van der Waals surface area (Å²) in [6.45, 7) is 8.38. The quantitative estimate of drug-likeness (QED) is 0.294. The van der Waals surface area contributed by atoms with E-state index < -0.39 is 5.44 Å². The summed E-state index contributed by atoms with van der Waals surface area (Å²) in [7, 11) is 8.90. The van der Waals surface area contributed by atoms with Gasteiger partial charge in [0.1, 0.15) is 25.7 Å². The number of benzene rings is 2. The summed E-state index contributed by atoms with van der Waals surface area (Å²) in [4.78, 5) is 18.1. The van der Waals surface area contributed by atoms with Crippen molar-refractivity contribution < 1.29 is 4.79 Å². The minimum atomic E-state index is -1.39. The molecule has 10 nitrogen and oxygen atoms in total. The van der Waals surface area contributed by atoms with Crippen molar-refractivity contribution in [3.63, 3.8) is 0 Å². The minimum absolute atomic E-state index is 0.0614. The molecule has 1 aliphatic rings. The Labute approximate surface area is 246 Å². The van der Waals surface area contributed by atoms with E-state index in [1.54, 1.807) is 13.1 Å². The fraction of sp³-hybridized carbons (Fsp3) is 0.355. The van der Waals surface area contributed by atoms with Crippen LogP contribution in [0, 0.1) is 28.1 Å². The van der Waals surface area contributed by atoms with Gasteiger partial charge in [-0.3, -0.25) is 9.78 Å². The van der Waals surface area contributed by atoms with Crippen LogP contribution in [0.2, 0.25) is 0 Å². The molecule has 11 heteroatoms. The number of aromatic nitrogens is 4. The molecule has 1 fully saturated rings. The van der Waals surface area contributed by atoms with Crippen molar-refractivity contribution in [3.8, 4) is 12.1 Å². The van der Waals surface area contributed by atoms with Gasteiger partial charge in [0.25, 0.3) is 0 Å². The molecule has 2 N–H and O–H groups in total. The number of fused-ring (bicyclic) bond motifs is 1. The van der Waals surface area contributed by atoms with E-state index in [2.05, 4.69) is 58.8 Å². The topological polar surface area (TPSA) is 136 Å². The van der Waals surface area contributed by atoms with Crippen LogP contribution in [0.5, 0.6) is 0 Å². The van der Waals surface area contributed by atoms with Gasteiger partial charge in [-0.2, -0.15) is 10.5 Å². The van der Waals surface area contributed by atoms with Crippen LogP contribution in [-0.4, -0.2) is 47.3 Å². The predicted molar refractivity (Wildman–Crippen MR) is 163 cm³/mol. The average molecular weight is 557 g/mol. The molecule has 1 unspecified atom stereocenters. The largest absolute Gasteiger partial charge is 0.383 e. The van der Waals surface area contributed by atoms with Crippen LogP contribution in [0.15, 0.2) is 48.8 Å². The molecular formula is C31H32BN9O. The van der Waals surface area contributed by atoms with Crippen LogP contribution in [0.25, 0.3) is 10.9 Å². The third-order valence-electron chi connectivity index (χ3n) is 7.35. The van der Waals surface area contributed by atoms with Gasteiger partial charge in [-0.1, -0.05) is 38.1 Å². The van der Waals surface area contributed by atoms with Crippen molar-refractivity contribution >= 4 is 41.7 Å². The lowest BCUT2D eigenvalue weighted by molar-refractivity contribution is -0.116. The Kier molecular flexibility index (Phi) is 7.38. The first-order valence-electron chi connectivity index (χ1n) is 13.8. The molecule has 5 rings (SSSR count). The van der Waals surface area contributed by atoms with Crippen molar-refractivity contribution in [1.29, 1.82) is 10.5 Å².